The van der Waals surface area contributed by atoms with Gasteiger partial charge in [0.2, 0.25) is 5.91 Å². The van der Waals surface area contributed by atoms with Crippen LogP contribution in [0.15, 0.2) is 47.3 Å². The Kier molecular flexibility index (Phi) is 5.41. The van der Waals surface area contributed by atoms with Crippen molar-refractivity contribution in [1.82, 2.24) is 14.7 Å². The van der Waals surface area contributed by atoms with E-state index in [-0.39, 0.29) is 33.6 Å². The molecule has 7 nitrogen and oxygen atoms in total. The topological polar surface area (TPSA) is 92.5 Å². The van der Waals surface area contributed by atoms with E-state index in [4.69, 9.17) is 11.6 Å². The second-order valence-corrected chi connectivity index (χ2v) is 6.52. The van der Waals surface area contributed by atoms with Crippen LogP contribution in [0.3, 0.4) is 0 Å². The molecule has 0 atom stereocenters. The number of aromatic carboxylic acids is 1. The van der Waals surface area contributed by atoms with Crippen molar-refractivity contribution in [2.75, 3.05) is 7.05 Å². The Morgan fingerprint density at radius 3 is 2.50 bits per heavy atom. The molecule has 0 saturated heterocycles. The first-order valence-corrected chi connectivity index (χ1v) is 8.57. The van der Waals surface area contributed by atoms with Crippen molar-refractivity contribution in [1.29, 1.82) is 0 Å². The van der Waals surface area contributed by atoms with Crippen LogP contribution in [0.2, 0.25) is 5.02 Å². The van der Waals surface area contributed by atoms with Gasteiger partial charge in [-0.2, -0.15) is 5.10 Å². The largest absolute Gasteiger partial charge is 0.476 e. The molecule has 3 aromatic rings. The third kappa shape index (κ3) is 3.72. The highest BCUT2D eigenvalue weighted by atomic mass is 35.5. The van der Waals surface area contributed by atoms with Crippen molar-refractivity contribution in [3.05, 3.63) is 74.9 Å². The molecule has 1 amide bonds. The fourth-order valence-corrected chi connectivity index (χ4v) is 2.98. The van der Waals surface area contributed by atoms with Crippen LogP contribution in [-0.4, -0.2) is 38.7 Å². The highest BCUT2D eigenvalue weighted by molar-refractivity contribution is 6.31. The van der Waals surface area contributed by atoms with Gasteiger partial charge in [-0.3, -0.25) is 9.59 Å². The standard InChI is InChI=1S/C19H15ClFN3O4/c1-23(9-13-14(20)7-4-8-15(13)21)16(25)10-24-18(26)12-6-3-2-5-11(12)17(22-24)19(27)28/h2-8H,9-10H2,1H3,(H,27,28). The van der Waals surface area contributed by atoms with Crippen molar-refractivity contribution in [2.45, 2.75) is 13.1 Å². The molecule has 2 aromatic carbocycles. The van der Waals surface area contributed by atoms with E-state index in [1.54, 1.807) is 12.1 Å². The monoisotopic (exact) mass is 403 g/mol. The number of likely N-dealkylation sites (N-methyl/N-ethyl adjacent to an activating group) is 1. The molecule has 0 spiro atoms. The first-order chi connectivity index (χ1) is 13.3. The lowest BCUT2D eigenvalue weighted by Crippen LogP contribution is -2.36. The van der Waals surface area contributed by atoms with Gasteiger partial charge >= 0.3 is 5.97 Å². The summed E-state index contributed by atoms with van der Waals surface area (Å²) in [5, 5.41) is 13.7. The number of hydrogen-bond acceptors (Lipinski definition) is 4. The molecule has 0 fully saturated rings. The van der Waals surface area contributed by atoms with Crippen molar-refractivity contribution in [3.63, 3.8) is 0 Å². The zero-order chi connectivity index (χ0) is 20.4. The third-order valence-electron chi connectivity index (χ3n) is 4.24. The van der Waals surface area contributed by atoms with Crippen LogP contribution in [-0.2, 0) is 17.9 Å². The van der Waals surface area contributed by atoms with E-state index in [0.29, 0.717) is 0 Å². The summed E-state index contributed by atoms with van der Waals surface area (Å²) >= 11 is 5.97. The van der Waals surface area contributed by atoms with E-state index in [1.165, 1.54) is 42.3 Å². The lowest BCUT2D eigenvalue weighted by molar-refractivity contribution is -0.131. The van der Waals surface area contributed by atoms with E-state index in [2.05, 4.69) is 5.10 Å². The maximum atomic E-state index is 13.9. The Balaban J connectivity index is 1.92. The average Bonchev–Trinajstić information content (AvgIpc) is 2.66. The van der Waals surface area contributed by atoms with E-state index in [1.807, 2.05) is 0 Å². The van der Waals surface area contributed by atoms with Crippen molar-refractivity contribution >= 4 is 34.2 Å². The molecule has 3 rings (SSSR count). The smallest absolute Gasteiger partial charge is 0.357 e. The van der Waals surface area contributed by atoms with E-state index >= 15 is 0 Å². The first kappa shape index (κ1) is 19.5. The predicted octanol–water partition coefficient (Wildman–Crippen LogP) is 2.55. The minimum Gasteiger partial charge on any atom is -0.476 e. The van der Waals surface area contributed by atoms with Crippen molar-refractivity contribution in [3.8, 4) is 0 Å². The first-order valence-electron chi connectivity index (χ1n) is 8.19. The fourth-order valence-electron chi connectivity index (χ4n) is 2.76. The van der Waals surface area contributed by atoms with Gasteiger partial charge in [-0.15, -0.1) is 0 Å². The number of carboxylic acids is 1. The summed E-state index contributed by atoms with van der Waals surface area (Å²) in [5.74, 6) is -2.43. The highest BCUT2D eigenvalue weighted by Crippen LogP contribution is 2.20. The molecule has 0 bridgehead atoms. The number of fused-ring (bicyclic) bond motifs is 1. The molecule has 0 aliphatic carbocycles. The Morgan fingerprint density at radius 1 is 1.18 bits per heavy atom. The summed E-state index contributed by atoms with van der Waals surface area (Å²) in [6.45, 7) is -0.606. The SMILES string of the molecule is CN(Cc1c(F)cccc1Cl)C(=O)Cn1nc(C(=O)O)c2ccccc2c1=O. The summed E-state index contributed by atoms with van der Waals surface area (Å²) in [5.41, 5.74) is -0.779. The maximum Gasteiger partial charge on any atom is 0.357 e. The van der Waals surface area contributed by atoms with Crippen molar-refractivity contribution < 1.29 is 19.1 Å². The molecular formula is C19H15ClFN3O4. The number of hydrogen-bond donors (Lipinski definition) is 1. The summed E-state index contributed by atoms with van der Waals surface area (Å²) in [7, 11) is 1.43. The van der Waals surface area contributed by atoms with Crippen LogP contribution in [0.4, 0.5) is 4.39 Å². The normalized spacial score (nSPS) is 10.8. The van der Waals surface area contributed by atoms with Crippen LogP contribution in [0.25, 0.3) is 10.8 Å². The van der Waals surface area contributed by atoms with Gasteiger partial charge < -0.3 is 10.0 Å². The highest BCUT2D eigenvalue weighted by Gasteiger charge is 2.19. The van der Waals surface area contributed by atoms with Gasteiger partial charge in [-0.05, 0) is 18.2 Å². The number of carboxylic acid groups (broad SMARTS) is 1. The van der Waals surface area contributed by atoms with Crippen LogP contribution >= 0.6 is 11.6 Å². The fraction of sp³-hybridized carbons (Fsp3) is 0.158. The molecule has 9 heteroatoms. The van der Waals surface area contributed by atoms with Gasteiger partial charge in [0.25, 0.3) is 5.56 Å². The van der Waals surface area contributed by atoms with Gasteiger partial charge in [-0.25, -0.2) is 13.9 Å². The molecule has 0 aliphatic rings. The van der Waals surface area contributed by atoms with Crippen LogP contribution in [0.5, 0.6) is 0 Å². The molecular weight excluding hydrogens is 389 g/mol. The number of carbonyl (C=O) groups excluding carboxylic acids is 1. The summed E-state index contributed by atoms with van der Waals surface area (Å²) < 4.78 is 14.7. The van der Waals surface area contributed by atoms with Crippen LogP contribution < -0.4 is 5.56 Å². The molecule has 144 valence electrons. The third-order valence-corrected chi connectivity index (χ3v) is 4.59. The number of amides is 1. The maximum absolute atomic E-state index is 13.9. The zero-order valence-corrected chi connectivity index (χ0v) is 15.5. The Bertz CT molecular complexity index is 1130. The van der Waals surface area contributed by atoms with Gasteiger partial charge in [0.1, 0.15) is 12.4 Å². The molecule has 1 aromatic heterocycles. The van der Waals surface area contributed by atoms with Gasteiger partial charge in [0, 0.05) is 29.6 Å². The number of halogens is 2. The number of rotatable bonds is 5. The van der Waals surface area contributed by atoms with Crippen LogP contribution in [0, 0.1) is 5.82 Å². The number of carbonyl (C=O) groups is 2. The Labute approximate surface area is 163 Å². The number of aromatic nitrogens is 2. The van der Waals surface area contributed by atoms with E-state index in [9.17, 15) is 23.9 Å². The summed E-state index contributed by atoms with van der Waals surface area (Å²) in [6.07, 6.45) is 0. The minimum absolute atomic E-state index is 0.113. The molecule has 1 heterocycles. The molecule has 0 radical (unpaired) electrons. The molecule has 28 heavy (non-hydrogen) atoms. The molecule has 0 saturated carbocycles. The summed E-state index contributed by atoms with van der Waals surface area (Å²) in [4.78, 5) is 37.8. The Hall–Kier alpha value is -3.26. The number of benzene rings is 2. The van der Waals surface area contributed by atoms with Crippen molar-refractivity contribution in [2.24, 2.45) is 0 Å². The minimum atomic E-state index is -1.32. The van der Waals surface area contributed by atoms with Crippen LogP contribution in [0.1, 0.15) is 16.1 Å². The summed E-state index contributed by atoms with van der Waals surface area (Å²) in [6, 6.07) is 10.3. The quantitative estimate of drug-likeness (QED) is 0.706. The van der Waals surface area contributed by atoms with E-state index < -0.39 is 29.8 Å². The molecule has 0 unspecified atom stereocenters. The lowest BCUT2D eigenvalue weighted by Gasteiger charge is -2.19. The molecule has 0 aliphatic heterocycles. The second-order valence-electron chi connectivity index (χ2n) is 6.11. The van der Waals surface area contributed by atoms with Gasteiger partial charge in [0.05, 0.1) is 5.39 Å². The number of nitrogens with zero attached hydrogens (tertiary/aromatic N) is 3. The van der Waals surface area contributed by atoms with E-state index in [0.717, 1.165) is 4.68 Å². The average molecular weight is 404 g/mol. The molecule has 1 N–H and O–H groups in total. The predicted molar refractivity (Wildman–Crippen MR) is 101 cm³/mol. The zero-order valence-electron chi connectivity index (χ0n) is 14.7. The lowest BCUT2D eigenvalue weighted by atomic mass is 10.1. The second kappa shape index (κ2) is 7.77. The Morgan fingerprint density at radius 2 is 1.86 bits per heavy atom. The van der Waals surface area contributed by atoms with Gasteiger partial charge in [0.15, 0.2) is 5.69 Å². The van der Waals surface area contributed by atoms with Gasteiger partial charge in [-0.1, -0.05) is 35.9 Å².